The molecule has 0 amide bonds. The Morgan fingerprint density at radius 3 is 2.67 bits per heavy atom. The lowest BCUT2D eigenvalue weighted by molar-refractivity contribution is -0.0228. The summed E-state index contributed by atoms with van der Waals surface area (Å²) in [5, 5.41) is 0.643. The van der Waals surface area contributed by atoms with Crippen molar-refractivity contribution in [1.29, 1.82) is 0 Å². The Morgan fingerprint density at radius 1 is 1.39 bits per heavy atom. The Balaban J connectivity index is 2.53. The molecule has 0 aliphatic heterocycles. The highest BCUT2D eigenvalue weighted by atomic mass is 79.9. The molecule has 0 aromatic heterocycles. The molecule has 0 saturated heterocycles. The Morgan fingerprint density at radius 2 is 2.11 bits per heavy atom. The summed E-state index contributed by atoms with van der Waals surface area (Å²) in [6, 6.07) is 6.51. The molecule has 0 heterocycles. The van der Waals surface area contributed by atoms with Gasteiger partial charge in [-0.15, -0.1) is 0 Å². The second-order valence-electron chi connectivity index (χ2n) is 4.78. The van der Waals surface area contributed by atoms with E-state index in [0.29, 0.717) is 11.9 Å². The van der Waals surface area contributed by atoms with Crippen LogP contribution in [0.4, 0.5) is 4.39 Å². The Bertz CT molecular complexity index is 369. The molecule has 0 aliphatic carbocycles. The molecule has 0 radical (unpaired) electrons. The highest BCUT2D eigenvalue weighted by Gasteiger charge is 2.18. The fraction of sp³-hybridized carbons (Fsp3) is 0.571. The van der Waals surface area contributed by atoms with Gasteiger partial charge in [-0.3, -0.25) is 0 Å². The van der Waals surface area contributed by atoms with Crippen LogP contribution in [0, 0.1) is 5.82 Å². The van der Waals surface area contributed by atoms with Crippen molar-refractivity contribution < 1.29 is 13.9 Å². The SMILES string of the molecule is COC(C)(C)CCOC(CBr)c1cccc(F)c1. The fourth-order valence-electron chi connectivity index (χ4n) is 1.49. The molecule has 1 aromatic rings. The largest absolute Gasteiger partial charge is 0.379 e. The molecule has 1 rings (SSSR count). The molecule has 18 heavy (non-hydrogen) atoms. The molecule has 1 atom stereocenters. The van der Waals surface area contributed by atoms with Gasteiger partial charge in [0.25, 0.3) is 0 Å². The van der Waals surface area contributed by atoms with E-state index in [-0.39, 0.29) is 17.5 Å². The lowest BCUT2D eigenvalue weighted by Crippen LogP contribution is -2.25. The van der Waals surface area contributed by atoms with Gasteiger partial charge < -0.3 is 9.47 Å². The van der Waals surface area contributed by atoms with E-state index in [1.165, 1.54) is 12.1 Å². The second kappa shape index (κ2) is 7.22. The third kappa shape index (κ3) is 5.04. The van der Waals surface area contributed by atoms with E-state index in [4.69, 9.17) is 9.47 Å². The number of halogens is 2. The summed E-state index contributed by atoms with van der Waals surface area (Å²) >= 11 is 3.40. The first-order valence-electron chi connectivity index (χ1n) is 5.96. The minimum absolute atomic E-state index is 0.131. The van der Waals surface area contributed by atoms with Crippen LogP contribution in [-0.4, -0.2) is 24.6 Å². The average molecular weight is 319 g/mol. The minimum atomic E-state index is -0.237. The quantitative estimate of drug-likeness (QED) is 0.705. The van der Waals surface area contributed by atoms with Crippen LogP contribution in [0.5, 0.6) is 0 Å². The van der Waals surface area contributed by atoms with E-state index in [2.05, 4.69) is 15.9 Å². The van der Waals surface area contributed by atoms with Crippen LogP contribution in [0.25, 0.3) is 0 Å². The molecule has 2 nitrogen and oxygen atoms in total. The van der Waals surface area contributed by atoms with Crippen molar-refractivity contribution in [2.24, 2.45) is 0 Å². The van der Waals surface area contributed by atoms with Crippen LogP contribution in [0.3, 0.4) is 0 Å². The molecule has 0 fully saturated rings. The van der Waals surface area contributed by atoms with Crippen molar-refractivity contribution in [1.82, 2.24) is 0 Å². The number of rotatable bonds is 7. The zero-order valence-corrected chi connectivity index (χ0v) is 12.7. The first-order chi connectivity index (χ1) is 8.48. The summed E-state index contributed by atoms with van der Waals surface area (Å²) in [4.78, 5) is 0. The van der Waals surface area contributed by atoms with Crippen molar-refractivity contribution in [2.75, 3.05) is 19.0 Å². The van der Waals surface area contributed by atoms with Crippen LogP contribution >= 0.6 is 15.9 Å². The van der Waals surface area contributed by atoms with Gasteiger partial charge in [-0.25, -0.2) is 4.39 Å². The lowest BCUT2D eigenvalue weighted by atomic mass is 10.1. The Hall–Kier alpha value is -0.450. The number of hydrogen-bond donors (Lipinski definition) is 0. The molecule has 1 aromatic carbocycles. The van der Waals surface area contributed by atoms with Gasteiger partial charge in [-0.2, -0.15) is 0 Å². The number of alkyl halides is 1. The maximum Gasteiger partial charge on any atom is 0.123 e. The molecule has 1 unspecified atom stereocenters. The summed E-state index contributed by atoms with van der Waals surface area (Å²) in [6.45, 7) is 4.61. The van der Waals surface area contributed by atoms with E-state index < -0.39 is 0 Å². The third-order valence-electron chi connectivity index (χ3n) is 2.94. The van der Waals surface area contributed by atoms with Crippen LogP contribution < -0.4 is 0 Å². The Kier molecular flexibility index (Phi) is 6.26. The molecular weight excluding hydrogens is 299 g/mol. The zero-order chi connectivity index (χ0) is 13.6. The highest BCUT2D eigenvalue weighted by Crippen LogP contribution is 2.22. The summed E-state index contributed by atoms with van der Waals surface area (Å²) < 4.78 is 24.2. The molecule has 0 bridgehead atoms. The Labute approximate surface area is 117 Å². The van der Waals surface area contributed by atoms with Gasteiger partial charge >= 0.3 is 0 Å². The molecule has 0 spiro atoms. The normalized spacial score (nSPS) is 13.6. The molecule has 4 heteroatoms. The van der Waals surface area contributed by atoms with Gasteiger partial charge in [0.2, 0.25) is 0 Å². The van der Waals surface area contributed by atoms with Crippen LogP contribution in [0.1, 0.15) is 31.9 Å². The first kappa shape index (κ1) is 15.6. The van der Waals surface area contributed by atoms with Gasteiger partial charge in [-0.05, 0) is 38.0 Å². The second-order valence-corrected chi connectivity index (χ2v) is 5.43. The third-order valence-corrected chi connectivity index (χ3v) is 3.52. The predicted octanol–water partition coefficient (Wildman–Crippen LogP) is 4.09. The molecule has 102 valence electrons. The van der Waals surface area contributed by atoms with Gasteiger partial charge in [0, 0.05) is 12.4 Å². The summed E-state index contributed by atoms with van der Waals surface area (Å²) in [5.41, 5.74) is 0.654. The van der Waals surface area contributed by atoms with Crippen LogP contribution in [-0.2, 0) is 9.47 Å². The lowest BCUT2D eigenvalue weighted by Gasteiger charge is -2.24. The molecule has 0 N–H and O–H groups in total. The minimum Gasteiger partial charge on any atom is -0.379 e. The maximum atomic E-state index is 13.1. The predicted molar refractivity (Wildman–Crippen MR) is 74.6 cm³/mol. The first-order valence-corrected chi connectivity index (χ1v) is 7.09. The highest BCUT2D eigenvalue weighted by molar-refractivity contribution is 9.09. The smallest absolute Gasteiger partial charge is 0.123 e. The summed E-state index contributed by atoms with van der Waals surface area (Å²) in [7, 11) is 1.69. The number of methoxy groups -OCH3 is 1. The van der Waals surface area contributed by atoms with Crippen molar-refractivity contribution in [3.05, 3.63) is 35.6 Å². The van der Waals surface area contributed by atoms with Crippen LogP contribution in [0.2, 0.25) is 0 Å². The zero-order valence-electron chi connectivity index (χ0n) is 11.1. The van der Waals surface area contributed by atoms with Crippen LogP contribution in [0.15, 0.2) is 24.3 Å². The number of benzene rings is 1. The van der Waals surface area contributed by atoms with Gasteiger partial charge in [-0.1, -0.05) is 28.1 Å². The maximum absolute atomic E-state index is 13.1. The molecular formula is C14H20BrFO2. The number of hydrogen-bond acceptors (Lipinski definition) is 2. The monoisotopic (exact) mass is 318 g/mol. The topological polar surface area (TPSA) is 18.5 Å². The van der Waals surface area contributed by atoms with Crippen molar-refractivity contribution >= 4 is 15.9 Å². The van der Waals surface area contributed by atoms with E-state index in [0.717, 1.165) is 12.0 Å². The van der Waals surface area contributed by atoms with Gasteiger partial charge in [0.1, 0.15) is 5.82 Å². The fourth-order valence-corrected chi connectivity index (χ4v) is 2.05. The molecule has 0 saturated carbocycles. The number of ether oxygens (including phenoxy) is 2. The standard InChI is InChI=1S/C14H20BrFO2/c1-14(2,17-3)7-8-18-13(10-15)11-5-4-6-12(16)9-11/h4-6,9,13H,7-8,10H2,1-3H3. The van der Waals surface area contributed by atoms with Crippen molar-refractivity contribution in [3.63, 3.8) is 0 Å². The van der Waals surface area contributed by atoms with E-state index in [1.807, 2.05) is 19.9 Å². The van der Waals surface area contributed by atoms with E-state index >= 15 is 0 Å². The summed E-state index contributed by atoms with van der Waals surface area (Å²) in [6.07, 6.45) is 0.663. The van der Waals surface area contributed by atoms with Crippen molar-refractivity contribution in [3.8, 4) is 0 Å². The van der Waals surface area contributed by atoms with Gasteiger partial charge in [0.15, 0.2) is 0 Å². The summed E-state index contributed by atoms with van der Waals surface area (Å²) in [5.74, 6) is -0.237. The molecule has 0 aliphatic rings. The average Bonchev–Trinajstić information content (AvgIpc) is 2.34. The van der Waals surface area contributed by atoms with E-state index in [1.54, 1.807) is 13.2 Å². The van der Waals surface area contributed by atoms with E-state index in [9.17, 15) is 4.39 Å². The van der Waals surface area contributed by atoms with Gasteiger partial charge in [0.05, 0.1) is 18.3 Å². The van der Waals surface area contributed by atoms with Crippen molar-refractivity contribution in [2.45, 2.75) is 32.0 Å².